The third kappa shape index (κ3) is 33.4. The van der Waals surface area contributed by atoms with Crippen LogP contribution in [0.15, 0.2) is 0 Å². The molecule has 0 saturated heterocycles. The lowest BCUT2D eigenvalue weighted by atomic mass is 10.0. The molecule has 1 atom stereocenters. The van der Waals surface area contributed by atoms with Gasteiger partial charge in [-0.1, -0.05) is 174 Å². The Kier molecular flexibility index (Phi) is 33.6. The highest BCUT2D eigenvalue weighted by Gasteiger charge is 2.14. The predicted molar refractivity (Wildman–Crippen MR) is 181 cm³/mol. The van der Waals surface area contributed by atoms with Gasteiger partial charge in [0.1, 0.15) is 6.10 Å². The summed E-state index contributed by atoms with van der Waals surface area (Å²) in [4.78, 5) is 23.3. The average Bonchev–Trinajstić information content (AvgIpc) is 2.97. The van der Waals surface area contributed by atoms with Gasteiger partial charge in [0.2, 0.25) is 0 Å². The van der Waals surface area contributed by atoms with E-state index >= 15 is 0 Å². The number of ether oxygens (including phenoxy) is 1. The van der Waals surface area contributed by atoms with Gasteiger partial charge in [0.15, 0.2) is 0 Å². The molecule has 0 radical (unpaired) electrons. The Morgan fingerprint density at radius 2 is 0.714 bits per heavy atom. The molecule has 0 spiro atoms. The third-order valence-corrected chi connectivity index (χ3v) is 8.83. The maximum absolute atomic E-state index is 12.6. The van der Waals surface area contributed by atoms with Crippen molar-refractivity contribution in [3.8, 4) is 0 Å². The molecule has 4 nitrogen and oxygen atoms in total. The first-order chi connectivity index (χ1) is 20.6. The van der Waals surface area contributed by atoms with E-state index in [0.29, 0.717) is 6.42 Å². The van der Waals surface area contributed by atoms with Gasteiger partial charge < -0.3 is 9.84 Å². The summed E-state index contributed by atoms with van der Waals surface area (Å²) in [5, 5.41) is 8.83. The summed E-state index contributed by atoms with van der Waals surface area (Å²) in [6.45, 7) is 4.55. The van der Waals surface area contributed by atoms with Crippen molar-refractivity contribution in [3.05, 3.63) is 0 Å². The molecule has 0 fully saturated rings. The van der Waals surface area contributed by atoms with Gasteiger partial charge in [0.05, 0.1) is 0 Å². The van der Waals surface area contributed by atoms with E-state index in [0.717, 1.165) is 57.8 Å². The summed E-state index contributed by atoms with van der Waals surface area (Å²) in [6.07, 6.45) is 39.7. The summed E-state index contributed by atoms with van der Waals surface area (Å²) in [5.41, 5.74) is 0. The van der Waals surface area contributed by atoms with E-state index in [2.05, 4.69) is 13.8 Å². The van der Waals surface area contributed by atoms with Crippen molar-refractivity contribution >= 4 is 11.9 Å². The number of hydrogen-bond acceptors (Lipinski definition) is 3. The normalized spacial score (nSPS) is 12.0. The quantitative estimate of drug-likeness (QED) is 0.0585. The van der Waals surface area contributed by atoms with Crippen LogP contribution in [0.5, 0.6) is 0 Å². The molecule has 250 valence electrons. The Morgan fingerprint density at radius 3 is 1.05 bits per heavy atom. The van der Waals surface area contributed by atoms with Crippen molar-refractivity contribution < 1.29 is 19.4 Å². The first-order valence-corrected chi connectivity index (χ1v) is 19.0. The summed E-state index contributed by atoms with van der Waals surface area (Å²) >= 11 is 0. The van der Waals surface area contributed by atoms with Crippen LogP contribution in [-0.4, -0.2) is 23.1 Å². The minimum Gasteiger partial charge on any atom is -0.481 e. The number of carbonyl (C=O) groups excluding carboxylic acids is 1. The molecule has 0 aromatic rings. The number of hydrogen-bond donors (Lipinski definition) is 1. The van der Waals surface area contributed by atoms with Crippen molar-refractivity contribution in [2.45, 2.75) is 232 Å². The van der Waals surface area contributed by atoms with Gasteiger partial charge in [0.25, 0.3) is 0 Å². The number of unbranched alkanes of at least 4 members (excludes halogenated alkanes) is 26. The summed E-state index contributed by atoms with van der Waals surface area (Å²) in [6, 6.07) is 0. The number of rotatable bonds is 35. The zero-order chi connectivity index (χ0) is 30.8. The number of esters is 1. The van der Waals surface area contributed by atoms with E-state index in [1.807, 2.05) is 0 Å². The molecule has 0 saturated carbocycles. The van der Waals surface area contributed by atoms with Gasteiger partial charge in [-0.2, -0.15) is 0 Å². The van der Waals surface area contributed by atoms with Crippen LogP contribution in [0.3, 0.4) is 0 Å². The van der Waals surface area contributed by atoms with Crippen LogP contribution in [0.2, 0.25) is 0 Å². The van der Waals surface area contributed by atoms with Crippen LogP contribution in [-0.2, 0) is 14.3 Å². The number of carboxylic acids is 1. The van der Waals surface area contributed by atoms with Gasteiger partial charge in [-0.25, -0.2) is 0 Å². The zero-order valence-electron chi connectivity index (χ0n) is 28.6. The topological polar surface area (TPSA) is 63.6 Å². The van der Waals surface area contributed by atoms with Crippen molar-refractivity contribution in [2.75, 3.05) is 0 Å². The number of carbonyl (C=O) groups is 2. The highest BCUT2D eigenvalue weighted by Crippen LogP contribution is 2.19. The Hall–Kier alpha value is -1.06. The second kappa shape index (κ2) is 34.4. The Morgan fingerprint density at radius 1 is 0.429 bits per heavy atom. The van der Waals surface area contributed by atoms with Gasteiger partial charge >= 0.3 is 11.9 Å². The van der Waals surface area contributed by atoms with Crippen molar-refractivity contribution in [1.29, 1.82) is 0 Å². The first kappa shape index (κ1) is 40.9. The van der Waals surface area contributed by atoms with Crippen molar-refractivity contribution in [3.63, 3.8) is 0 Å². The maximum Gasteiger partial charge on any atom is 0.306 e. The fourth-order valence-corrected chi connectivity index (χ4v) is 6.01. The lowest BCUT2D eigenvalue weighted by Crippen LogP contribution is -2.18. The van der Waals surface area contributed by atoms with Crippen molar-refractivity contribution in [2.24, 2.45) is 0 Å². The molecule has 0 aromatic carbocycles. The van der Waals surface area contributed by atoms with Crippen LogP contribution < -0.4 is 0 Å². The fraction of sp³-hybridized carbons (Fsp3) is 0.947. The molecule has 0 rings (SSSR count). The molecule has 0 amide bonds. The lowest BCUT2D eigenvalue weighted by Gasteiger charge is -2.18. The van der Waals surface area contributed by atoms with Crippen LogP contribution in [0.4, 0.5) is 0 Å². The molecule has 0 aliphatic heterocycles. The van der Waals surface area contributed by atoms with E-state index in [-0.39, 0.29) is 18.5 Å². The molecule has 0 aliphatic rings. The van der Waals surface area contributed by atoms with E-state index in [9.17, 15) is 9.59 Å². The highest BCUT2D eigenvalue weighted by atomic mass is 16.5. The third-order valence-electron chi connectivity index (χ3n) is 8.83. The van der Waals surface area contributed by atoms with Crippen LogP contribution in [0.25, 0.3) is 0 Å². The number of aliphatic carboxylic acids is 1. The summed E-state index contributed by atoms with van der Waals surface area (Å²) in [7, 11) is 0. The monoisotopic (exact) mass is 595 g/mol. The van der Waals surface area contributed by atoms with Crippen LogP contribution in [0, 0.1) is 0 Å². The van der Waals surface area contributed by atoms with Crippen molar-refractivity contribution in [1.82, 2.24) is 0 Å². The minimum absolute atomic E-state index is 0.00659. The molecule has 42 heavy (non-hydrogen) atoms. The second-order valence-corrected chi connectivity index (χ2v) is 13.1. The highest BCUT2D eigenvalue weighted by molar-refractivity contribution is 5.69. The smallest absolute Gasteiger partial charge is 0.306 e. The molecule has 0 aliphatic carbocycles. The Bertz CT molecular complexity index is 561. The van der Waals surface area contributed by atoms with Gasteiger partial charge in [0, 0.05) is 12.8 Å². The average molecular weight is 595 g/mol. The van der Waals surface area contributed by atoms with E-state index in [4.69, 9.17) is 9.84 Å². The largest absolute Gasteiger partial charge is 0.481 e. The summed E-state index contributed by atoms with van der Waals surface area (Å²) < 4.78 is 5.97. The fourth-order valence-electron chi connectivity index (χ4n) is 6.01. The second-order valence-electron chi connectivity index (χ2n) is 13.1. The summed E-state index contributed by atoms with van der Waals surface area (Å²) in [5.74, 6) is -0.713. The molecule has 0 bridgehead atoms. The molecule has 1 unspecified atom stereocenters. The predicted octanol–water partition coefficient (Wildman–Crippen LogP) is 12.9. The molecule has 0 heterocycles. The van der Waals surface area contributed by atoms with E-state index in [1.165, 1.54) is 141 Å². The van der Waals surface area contributed by atoms with Crippen LogP contribution in [0.1, 0.15) is 226 Å². The molecule has 4 heteroatoms. The van der Waals surface area contributed by atoms with Gasteiger partial charge in [-0.05, 0) is 38.5 Å². The molecule has 1 N–H and O–H groups in total. The zero-order valence-corrected chi connectivity index (χ0v) is 28.6. The maximum atomic E-state index is 12.6. The van der Waals surface area contributed by atoms with E-state index in [1.54, 1.807) is 0 Å². The first-order valence-electron chi connectivity index (χ1n) is 19.0. The molecule has 0 aromatic heterocycles. The number of carboxylic acid groups (broad SMARTS) is 1. The minimum atomic E-state index is -0.707. The molecular weight excluding hydrogens is 520 g/mol. The van der Waals surface area contributed by atoms with Gasteiger partial charge in [-0.15, -0.1) is 0 Å². The van der Waals surface area contributed by atoms with E-state index < -0.39 is 5.97 Å². The Balaban J connectivity index is 3.96. The van der Waals surface area contributed by atoms with Crippen LogP contribution >= 0.6 is 0 Å². The Labute approximate surface area is 262 Å². The van der Waals surface area contributed by atoms with Gasteiger partial charge in [-0.3, -0.25) is 9.59 Å². The standard InChI is InChI=1S/C38H74O4/c1-3-5-7-9-11-13-15-17-19-21-23-25-31-35-38(41)42-36(33-29-26-27-30-34-37(39)40)32-28-24-22-20-18-16-14-12-10-8-6-4-2/h36H,3-35H2,1-2H3,(H,39,40). The SMILES string of the molecule is CCCCCCCCCCCCCCCC(=O)OC(CCCCCCCCCCCCCC)CCCCCCC(=O)O. The molecular formula is C38H74O4. The lowest BCUT2D eigenvalue weighted by molar-refractivity contribution is -0.150.